The third-order valence-corrected chi connectivity index (χ3v) is 5.74. The van der Waals surface area contributed by atoms with Crippen LogP contribution in [0.2, 0.25) is 0 Å². The maximum Gasteiger partial charge on any atom is 0.269 e. The first kappa shape index (κ1) is 19.8. The average Bonchev–Trinajstić information content (AvgIpc) is 3.50. The summed E-state index contributed by atoms with van der Waals surface area (Å²) in [6, 6.07) is 20.3. The van der Waals surface area contributed by atoms with Crippen molar-refractivity contribution >= 4 is 11.6 Å². The van der Waals surface area contributed by atoms with E-state index in [0.717, 1.165) is 42.0 Å². The zero-order chi connectivity index (χ0) is 22.1. The number of aromatic nitrogens is 3. The van der Waals surface area contributed by atoms with Gasteiger partial charge in [-0.2, -0.15) is 5.10 Å². The van der Waals surface area contributed by atoms with E-state index < -0.39 is 5.91 Å². The van der Waals surface area contributed by atoms with Crippen LogP contribution in [0.4, 0.5) is 0 Å². The highest BCUT2D eigenvalue weighted by Gasteiger charge is 2.28. The van der Waals surface area contributed by atoms with Gasteiger partial charge in [0, 0.05) is 36.2 Å². The number of nitrogens with two attached hydrogens (primary N) is 1. The Morgan fingerprint density at radius 1 is 1.16 bits per heavy atom. The van der Waals surface area contributed by atoms with E-state index in [0.29, 0.717) is 23.1 Å². The van der Waals surface area contributed by atoms with Crippen LogP contribution in [0, 0.1) is 12.0 Å². The number of benzene rings is 2. The van der Waals surface area contributed by atoms with Crippen molar-refractivity contribution in [3.05, 3.63) is 72.1 Å². The second-order valence-corrected chi connectivity index (χ2v) is 7.81. The second-order valence-electron chi connectivity index (χ2n) is 7.81. The Morgan fingerprint density at radius 2 is 1.91 bits per heavy atom. The zero-order valence-corrected chi connectivity index (χ0v) is 17.7. The third kappa shape index (κ3) is 3.56. The van der Waals surface area contributed by atoms with Crippen molar-refractivity contribution in [3.8, 4) is 34.7 Å². The molecule has 1 aliphatic heterocycles. The van der Waals surface area contributed by atoms with Gasteiger partial charge in [-0.1, -0.05) is 24.1 Å². The number of hydrogen-bond acceptors (Lipinski definition) is 4. The number of para-hydroxylation sites is 1. The number of carbonyl (C=O) groups is 1. The fourth-order valence-electron chi connectivity index (χ4n) is 4.26. The molecule has 1 saturated heterocycles. The quantitative estimate of drug-likeness (QED) is 0.473. The van der Waals surface area contributed by atoms with Crippen molar-refractivity contribution in [2.45, 2.75) is 19.3 Å². The van der Waals surface area contributed by atoms with Gasteiger partial charge in [0.15, 0.2) is 5.69 Å². The predicted molar refractivity (Wildman–Crippen MR) is 122 cm³/mol. The first-order valence-corrected chi connectivity index (χ1v) is 10.5. The highest BCUT2D eigenvalue weighted by Crippen LogP contribution is 2.33. The first-order valence-electron chi connectivity index (χ1n) is 10.5. The van der Waals surface area contributed by atoms with Crippen LogP contribution in [0.15, 0.2) is 60.8 Å². The Bertz CT molecular complexity index is 1330. The van der Waals surface area contributed by atoms with Gasteiger partial charge in [-0.05, 0) is 49.7 Å². The Balaban J connectivity index is 1.48. The summed E-state index contributed by atoms with van der Waals surface area (Å²) in [4.78, 5) is 17.9. The molecule has 3 heterocycles. The van der Waals surface area contributed by atoms with Gasteiger partial charge in [0.1, 0.15) is 17.1 Å². The molecule has 1 atom stereocenters. The molecule has 2 aromatic carbocycles. The van der Waals surface area contributed by atoms with Crippen LogP contribution in [0.25, 0.3) is 16.9 Å². The molecule has 0 bridgehead atoms. The molecule has 7 heteroatoms. The van der Waals surface area contributed by atoms with Crippen LogP contribution in [-0.4, -0.2) is 38.5 Å². The fourth-order valence-corrected chi connectivity index (χ4v) is 4.26. The summed E-state index contributed by atoms with van der Waals surface area (Å²) >= 11 is 0. The average molecular weight is 425 g/mol. The van der Waals surface area contributed by atoms with E-state index in [1.165, 1.54) is 0 Å². The minimum atomic E-state index is -0.532. The number of amides is 1. The second kappa shape index (κ2) is 8.16. The van der Waals surface area contributed by atoms with Gasteiger partial charge >= 0.3 is 0 Å². The molecular formula is C25H23N5O2. The lowest BCUT2D eigenvalue weighted by atomic mass is 10.0. The lowest BCUT2D eigenvalue weighted by Crippen LogP contribution is -2.15. The van der Waals surface area contributed by atoms with Crippen molar-refractivity contribution in [2.75, 3.05) is 13.1 Å². The number of likely N-dealkylation sites (tertiary alicyclic amines) is 1. The molecule has 0 saturated carbocycles. The number of aromatic amines is 1. The molecule has 1 unspecified atom stereocenters. The molecule has 32 heavy (non-hydrogen) atoms. The minimum absolute atomic E-state index is 0.294. The smallest absolute Gasteiger partial charge is 0.269 e. The van der Waals surface area contributed by atoms with Crippen molar-refractivity contribution in [1.82, 2.24) is 19.5 Å². The van der Waals surface area contributed by atoms with E-state index >= 15 is 0 Å². The first-order chi connectivity index (χ1) is 15.6. The molecule has 0 radical (unpaired) electrons. The number of nitrogens with one attached hydrogen (secondary N) is 1. The van der Waals surface area contributed by atoms with Crippen molar-refractivity contribution in [2.24, 2.45) is 5.73 Å². The largest absolute Gasteiger partial charge is 0.457 e. The Labute approximate surface area is 185 Å². The molecule has 7 nitrogen and oxygen atoms in total. The zero-order valence-electron chi connectivity index (χ0n) is 17.7. The van der Waals surface area contributed by atoms with E-state index in [9.17, 15) is 4.79 Å². The molecule has 1 fully saturated rings. The maximum absolute atomic E-state index is 12.3. The Hall–Kier alpha value is -4.18. The minimum Gasteiger partial charge on any atom is -0.457 e. The molecule has 1 amide bonds. The summed E-state index contributed by atoms with van der Waals surface area (Å²) < 4.78 is 7.49. The molecule has 3 N–H and O–H groups in total. The molecule has 4 aromatic rings. The summed E-state index contributed by atoms with van der Waals surface area (Å²) in [7, 11) is 0. The van der Waals surface area contributed by atoms with Gasteiger partial charge in [-0.15, -0.1) is 0 Å². The number of fused-ring (bicyclic) bond motifs is 1. The van der Waals surface area contributed by atoms with E-state index in [2.05, 4.69) is 26.9 Å². The predicted octanol–water partition coefficient (Wildman–Crippen LogP) is 3.99. The fraction of sp³-hybridized carbons (Fsp3) is 0.200. The normalized spacial score (nSPS) is 15.5. The lowest BCUT2D eigenvalue weighted by Gasteiger charge is -2.09. The standard InChI is InChI=1S/C25H23N5O2/c1-2-13-29-14-12-18(16-29)21-15-27-30-23(24(26)31)22(28-25(21)30)17-8-10-20(11-9-17)32-19-6-4-3-5-7-19/h3-11,15,18,28H,12,14,16H2,1H3,(H2,26,31). The summed E-state index contributed by atoms with van der Waals surface area (Å²) in [5, 5.41) is 4.48. The number of rotatable bonds is 5. The summed E-state index contributed by atoms with van der Waals surface area (Å²) in [6.07, 6.45) is 2.81. The van der Waals surface area contributed by atoms with Crippen LogP contribution in [0.3, 0.4) is 0 Å². The van der Waals surface area contributed by atoms with E-state index in [-0.39, 0.29) is 0 Å². The van der Waals surface area contributed by atoms with E-state index in [1.807, 2.05) is 67.7 Å². The molecule has 2 aromatic heterocycles. The van der Waals surface area contributed by atoms with Crippen LogP contribution < -0.4 is 10.5 Å². The van der Waals surface area contributed by atoms with Crippen molar-refractivity contribution in [1.29, 1.82) is 0 Å². The number of ether oxygens (including phenoxy) is 1. The van der Waals surface area contributed by atoms with Gasteiger partial charge in [0.25, 0.3) is 5.91 Å². The van der Waals surface area contributed by atoms with Crippen LogP contribution in [0.5, 0.6) is 11.5 Å². The SMILES string of the molecule is CC#CN1CCC(c2cnn3c(C(N)=O)c(-c4ccc(Oc5ccccc5)cc4)[nH]c23)C1. The molecular weight excluding hydrogens is 402 g/mol. The topological polar surface area (TPSA) is 88.7 Å². The van der Waals surface area contributed by atoms with Gasteiger partial charge in [0.2, 0.25) is 0 Å². The number of primary amides is 1. The van der Waals surface area contributed by atoms with Crippen molar-refractivity contribution < 1.29 is 9.53 Å². The van der Waals surface area contributed by atoms with Gasteiger partial charge in [0.05, 0.1) is 11.9 Å². The highest BCUT2D eigenvalue weighted by molar-refractivity contribution is 5.98. The van der Waals surface area contributed by atoms with E-state index in [4.69, 9.17) is 10.5 Å². The Morgan fingerprint density at radius 3 is 2.62 bits per heavy atom. The Kier molecular flexibility index (Phi) is 5.04. The van der Waals surface area contributed by atoms with E-state index in [1.54, 1.807) is 4.52 Å². The van der Waals surface area contributed by atoms with Crippen LogP contribution in [-0.2, 0) is 0 Å². The monoisotopic (exact) mass is 425 g/mol. The number of H-pyrrole nitrogens is 1. The molecule has 1 aliphatic rings. The highest BCUT2D eigenvalue weighted by atomic mass is 16.5. The number of nitrogens with zero attached hydrogens (tertiary/aromatic N) is 3. The third-order valence-electron chi connectivity index (χ3n) is 5.74. The van der Waals surface area contributed by atoms with Crippen molar-refractivity contribution in [3.63, 3.8) is 0 Å². The lowest BCUT2D eigenvalue weighted by molar-refractivity contribution is 0.0994. The number of imidazole rings is 1. The summed E-state index contributed by atoms with van der Waals surface area (Å²) in [5.74, 6) is 4.19. The maximum atomic E-state index is 12.3. The summed E-state index contributed by atoms with van der Waals surface area (Å²) in [6.45, 7) is 3.61. The van der Waals surface area contributed by atoms with Crippen LogP contribution in [0.1, 0.15) is 35.3 Å². The van der Waals surface area contributed by atoms with Gasteiger partial charge in [-0.25, -0.2) is 4.52 Å². The molecule has 0 aliphatic carbocycles. The molecule has 160 valence electrons. The molecule has 0 spiro atoms. The number of hydrogen-bond donors (Lipinski definition) is 2. The van der Waals surface area contributed by atoms with Gasteiger partial charge < -0.3 is 20.4 Å². The van der Waals surface area contributed by atoms with Crippen LogP contribution >= 0.6 is 0 Å². The molecule has 5 rings (SSSR count). The number of carbonyl (C=O) groups excluding carboxylic acids is 1. The van der Waals surface area contributed by atoms with Gasteiger partial charge in [-0.3, -0.25) is 4.79 Å². The summed E-state index contributed by atoms with van der Waals surface area (Å²) in [5.41, 5.74) is 9.44.